The molecule has 10 aromatic rings. The third-order valence-electron chi connectivity index (χ3n) is 10.2. The summed E-state index contributed by atoms with van der Waals surface area (Å²) in [6, 6.07) is 63.8. The van der Waals surface area contributed by atoms with Crippen LogP contribution in [0.2, 0.25) is 0 Å². The van der Waals surface area contributed by atoms with Gasteiger partial charge in [0.1, 0.15) is 0 Å². The number of hydrogen-bond acceptors (Lipinski definition) is 4. The fraction of sp³-hybridized carbons (Fsp3) is 0. The highest BCUT2D eigenvalue weighted by Gasteiger charge is 2.17. The molecule has 0 radical (unpaired) electrons. The zero-order valence-corrected chi connectivity index (χ0v) is 29.3. The molecule has 4 nitrogen and oxygen atoms in total. The van der Waals surface area contributed by atoms with Gasteiger partial charge in [0.05, 0.1) is 34.0 Å². The zero-order valence-electron chi connectivity index (χ0n) is 29.3. The summed E-state index contributed by atoms with van der Waals surface area (Å²) in [4.78, 5) is 19.6. The van der Waals surface area contributed by atoms with Gasteiger partial charge >= 0.3 is 0 Å². The Morgan fingerprint density at radius 3 is 1.63 bits per heavy atom. The summed E-state index contributed by atoms with van der Waals surface area (Å²) in [6.07, 6.45) is 3.60. The minimum Gasteiger partial charge on any atom is -0.255 e. The van der Waals surface area contributed by atoms with Crippen LogP contribution in [0.4, 0.5) is 0 Å². The normalized spacial score (nSPS) is 11.3. The van der Waals surface area contributed by atoms with Crippen molar-refractivity contribution in [1.29, 1.82) is 0 Å². The van der Waals surface area contributed by atoms with Gasteiger partial charge in [-0.1, -0.05) is 140 Å². The molecule has 0 saturated heterocycles. The molecule has 0 amide bonds. The van der Waals surface area contributed by atoms with Crippen LogP contribution in [0.3, 0.4) is 0 Å². The first-order valence-electron chi connectivity index (χ1n) is 18.1. The topological polar surface area (TPSA) is 51.6 Å². The number of rotatable bonds is 6. The van der Waals surface area contributed by atoms with Gasteiger partial charge in [0.25, 0.3) is 0 Å². The van der Waals surface area contributed by atoms with Crippen LogP contribution in [-0.2, 0) is 0 Å². The maximum atomic E-state index is 5.47. The molecule has 0 spiro atoms. The van der Waals surface area contributed by atoms with E-state index in [1.54, 1.807) is 12.4 Å². The standard InChI is InChI=1S/C50H32N4/c1-2-12-36(13-3-1)40-17-11-19-43-49(40)42-27-26-37(30-46(42)54-50(43)41-18-10-15-35-14-4-5-16-39(35)41)33-22-24-34(25-23-33)38-31-47(44-20-6-8-28-51-44)53-48(32-38)45-21-7-9-29-52-45/h1-32H. The largest absolute Gasteiger partial charge is 0.255 e. The van der Waals surface area contributed by atoms with E-state index >= 15 is 0 Å². The molecule has 0 atom stereocenters. The number of fused-ring (bicyclic) bond motifs is 4. The lowest BCUT2D eigenvalue weighted by Gasteiger charge is -2.16. The van der Waals surface area contributed by atoms with Crippen molar-refractivity contribution < 1.29 is 0 Å². The highest BCUT2D eigenvalue weighted by Crippen LogP contribution is 2.41. The second-order valence-corrected chi connectivity index (χ2v) is 13.4. The van der Waals surface area contributed by atoms with Crippen molar-refractivity contribution in [2.75, 3.05) is 0 Å². The zero-order chi connectivity index (χ0) is 35.8. The molecule has 6 aromatic carbocycles. The molecule has 252 valence electrons. The molecule has 0 fully saturated rings. The average Bonchev–Trinajstić information content (AvgIpc) is 3.26. The van der Waals surface area contributed by atoms with E-state index in [2.05, 4.69) is 156 Å². The fourth-order valence-electron chi connectivity index (χ4n) is 7.57. The second kappa shape index (κ2) is 13.4. The summed E-state index contributed by atoms with van der Waals surface area (Å²) in [7, 11) is 0. The van der Waals surface area contributed by atoms with Crippen LogP contribution in [-0.4, -0.2) is 19.9 Å². The Kier molecular flexibility index (Phi) is 7.77. The van der Waals surface area contributed by atoms with Crippen molar-refractivity contribution in [2.45, 2.75) is 0 Å². The average molecular weight is 689 g/mol. The highest BCUT2D eigenvalue weighted by molar-refractivity contribution is 6.19. The quantitative estimate of drug-likeness (QED) is 0.163. The molecule has 10 rings (SSSR count). The lowest BCUT2D eigenvalue weighted by atomic mass is 9.91. The molecule has 0 aliphatic carbocycles. The molecule has 0 aliphatic rings. The smallest absolute Gasteiger partial charge is 0.0900 e. The van der Waals surface area contributed by atoms with Gasteiger partial charge in [-0.2, -0.15) is 0 Å². The molecule has 0 aliphatic heterocycles. The third kappa shape index (κ3) is 5.67. The van der Waals surface area contributed by atoms with Gasteiger partial charge in [0.2, 0.25) is 0 Å². The van der Waals surface area contributed by atoms with Crippen LogP contribution < -0.4 is 0 Å². The van der Waals surface area contributed by atoms with Gasteiger partial charge in [-0.05, 0) is 86.6 Å². The first-order chi connectivity index (χ1) is 26.8. The van der Waals surface area contributed by atoms with Crippen LogP contribution in [0, 0.1) is 0 Å². The van der Waals surface area contributed by atoms with Gasteiger partial charge in [-0.15, -0.1) is 0 Å². The number of hydrogen-bond donors (Lipinski definition) is 0. The first-order valence-corrected chi connectivity index (χ1v) is 18.1. The second-order valence-electron chi connectivity index (χ2n) is 13.4. The Morgan fingerprint density at radius 2 is 0.907 bits per heavy atom. The maximum absolute atomic E-state index is 5.47. The molecular formula is C50H32N4. The lowest BCUT2D eigenvalue weighted by Crippen LogP contribution is -1.94. The molecule has 0 bridgehead atoms. The molecule has 0 saturated carbocycles. The minimum absolute atomic E-state index is 0.808. The van der Waals surface area contributed by atoms with Crippen molar-refractivity contribution in [1.82, 2.24) is 19.9 Å². The molecule has 4 heteroatoms. The monoisotopic (exact) mass is 688 g/mol. The van der Waals surface area contributed by atoms with E-state index in [1.807, 2.05) is 36.4 Å². The van der Waals surface area contributed by atoms with Crippen molar-refractivity contribution in [2.24, 2.45) is 0 Å². The number of benzene rings is 6. The third-order valence-corrected chi connectivity index (χ3v) is 10.2. The van der Waals surface area contributed by atoms with E-state index in [9.17, 15) is 0 Å². The molecule has 0 N–H and O–H groups in total. The van der Waals surface area contributed by atoms with E-state index < -0.39 is 0 Å². The molecule has 54 heavy (non-hydrogen) atoms. The predicted octanol–water partition coefficient (Wildman–Crippen LogP) is 12.7. The lowest BCUT2D eigenvalue weighted by molar-refractivity contribution is 1.22. The van der Waals surface area contributed by atoms with E-state index in [-0.39, 0.29) is 0 Å². The molecule has 0 unspecified atom stereocenters. The summed E-state index contributed by atoms with van der Waals surface area (Å²) in [5.41, 5.74) is 13.1. The van der Waals surface area contributed by atoms with Crippen LogP contribution >= 0.6 is 0 Å². The molecule has 4 heterocycles. The van der Waals surface area contributed by atoms with Crippen LogP contribution in [0.25, 0.3) is 99.9 Å². The van der Waals surface area contributed by atoms with Crippen molar-refractivity contribution in [3.8, 4) is 67.4 Å². The van der Waals surface area contributed by atoms with Gasteiger partial charge in [0.15, 0.2) is 0 Å². The van der Waals surface area contributed by atoms with Crippen molar-refractivity contribution in [3.05, 3.63) is 194 Å². The summed E-state index contributed by atoms with van der Waals surface area (Å²) in [6.45, 7) is 0. The molecule has 4 aromatic heterocycles. The summed E-state index contributed by atoms with van der Waals surface area (Å²) < 4.78 is 0. The van der Waals surface area contributed by atoms with Crippen LogP contribution in [0.1, 0.15) is 0 Å². The van der Waals surface area contributed by atoms with Gasteiger partial charge < -0.3 is 0 Å². The van der Waals surface area contributed by atoms with E-state index in [0.717, 1.165) is 72.6 Å². The van der Waals surface area contributed by atoms with E-state index in [1.165, 1.54) is 27.3 Å². The molecular weight excluding hydrogens is 657 g/mol. The fourth-order valence-corrected chi connectivity index (χ4v) is 7.57. The highest BCUT2D eigenvalue weighted by atomic mass is 14.8. The Hall–Kier alpha value is -7.30. The Bertz CT molecular complexity index is 2900. The van der Waals surface area contributed by atoms with E-state index in [0.29, 0.717) is 0 Å². The van der Waals surface area contributed by atoms with Crippen molar-refractivity contribution in [3.63, 3.8) is 0 Å². The van der Waals surface area contributed by atoms with Crippen LogP contribution in [0.5, 0.6) is 0 Å². The predicted molar refractivity (Wildman–Crippen MR) is 223 cm³/mol. The number of pyridine rings is 4. The van der Waals surface area contributed by atoms with Gasteiger partial charge in [0, 0.05) is 34.1 Å². The maximum Gasteiger partial charge on any atom is 0.0900 e. The Balaban J connectivity index is 1.12. The SMILES string of the molecule is c1ccc(-c2cccc3c(-c4cccc5ccccc45)nc4cc(-c5ccc(-c6cc(-c7ccccn7)nc(-c7ccccn7)c6)cc5)ccc4c23)cc1. The first kappa shape index (κ1) is 31.4. The van der Waals surface area contributed by atoms with Crippen molar-refractivity contribution >= 4 is 32.4 Å². The van der Waals surface area contributed by atoms with E-state index in [4.69, 9.17) is 9.97 Å². The number of aromatic nitrogens is 4. The summed E-state index contributed by atoms with van der Waals surface area (Å²) in [5.74, 6) is 0. The Labute approximate surface area is 313 Å². The number of nitrogens with zero attached hydrogens (tertiary/aromatic N) is 4. The summed E-state index contributed by atoms with van der Waals surface area (Å²) >= 11 is 0. The van der Waals surface area contributed by atoms with Crippen LogP contribution in [0.15, 0.2) is 194 Å². The Morgan fingerprint density at radius 1 is 0.315 bits per heavy atom. The van der Waals surface area contributed by atoms with Gasteiger partial charge in [-0.3, -0.25) is 9.97 Å². The minimum atomic E-state index is 0.808. The van der Waals surface area contributed by atoms with Gasteiger partial charge in [-0.25, -0.2) is 9.97 Å². The summed E-state index contributed by atoms with van der Waals surface area (Å²) in [5, 5.41) is 5.88.